The summed E-state index contributed by atoms with van der Waals surface area (Å²) in [6.45, 7) is 8.39. The van der Waals surface area contributed by atoms with Crippen LogP contribution in [0.2, 0.25) is 0 Å². The quantitative estimate of drug-likeness (QED) is 0.895. The maximum atomic E-state index is 12.8. The highest BCUT2D eigenvalue weighted by atomic mass is 32.2. The Hall–Kier alpha value is -0.470. The van der Waals surface area contributed by atoms with Crippen LogP contribution in [0.3, 0.4) is 0 Å². The van der Waals surface area contributed by atoms with Gasteiger partial charge in [0.05, 0.1) is 13.2 Å². The van der Waals surface area contributed by atoms with Gasteiger partial charge in [0.1, 0.15) is 4.90 Å². The first-order valence-electron chi connectivity index (χ1n) is 6.81. The SMILES string of the molecule is Cc1csc(CNC(C)C)c1S(=O)(=O)N1CCOCC1. The van der Waals surface area contributed by atoms with Crippen LogP contribution in [-0.2, 0) is 21.3 Å². The van der Waals surface area contributed by atoms with E-state index in [1.807, 2.05) is 12.3 Å². The largest absolute Gasteiger partial charge is 0.379 e. The highest BCUT2D eigenvalue weighted by Crippen LogP contribution is 2.30. The van der Waals surface area contributed by atoms with Crippen molar-refractivity contribution in [2.24, 2.45) is 0 Å². The molecule has 1 aliphatic heterocycles. The number of sulfonamides is 1. The van der Waals surface area contributed by atoms with E-state index in [1.54, 1.807) is 0 Å². The maximum absolute atomic E-state index is 12.8. The molecule has 0 aliphatic carbocycles. The average molecular weight is 318 g/mol. The van der Waals surface area contributed by atoms with Crippen LogP contribution in [0.25, 0.3) is 0 Å². The second-order valence-electron chi connectivity index (χ2n) is 5.22. The van der Waals surface area contributed by atoms with E-state index >= 15 is 0 Å². The summed E-state index contributed by atoms with van der Waals surface area (Å²) < 4.78 is 32.3. The van der Waals surface area contributed by atoms with Crippen molar-refractivity contribution in [2.45, 2.75) is 38.3 Å². The van der Waals surface area contributed by atoms with Gasteiger partial charge in [0.2, 0.25) is 10.0 Å². The Kier molecular flexibility index (Phi) is 5.19. The fourth-order valence-electron chi connectivity index (χ4n) is 2.17. The highest BCUT2D eigenvalue weighted by molar-refractivity contribution is 7.89. The minimum atomic E-state index is -3.40. The van der Waals surface area contributed by atoms with E-state index < -0.39 is 10.0 Å². The summed E-state index contributed by atoms with van der Waals surface area (Å²) >= 11 is 1.51. The number of thiophene rings is 1. The van der Waals surface area contributed by atoms with Crippen LogP contribution >= 0.6 is 11.3 Å². The Labute approximate surface area is 125 Å². The molecule has 114 valence electrons. The molecule has 1 aromatic rings. The molecule has 0 radical (unpaired) electrons. The first-order chi connectivity index (χ1) is 9.43. The molecular weight excluding hydrogens is 296 g/mol. The van der Waals surface area contributed by atoms with Gasteiger partial charge in [0, 0.05) is 30.6 Å². The lowest BCUT2D eigenvalue weighted by Gasteiger charge is -2.26. The second-order valence-corrected chi connectivity index (χ2v) is 8.06. The number of nitrogens with one attached hydrogen (secondary N) is 1. The standard InChI is InChI=1S/C13H22N2O3S2/c1-10(2)14-8-12-13(11(3)9-19-12)20(16,17)15-4-6-18-7-5-15/h9-10,14H,4-8H2,1-3H3. The highest BCUT2D eigenvalue weighted by Gasteiger charge is 2.30. The predicted molar refractivity (Wildman–Crippen MR) is 80.6 cm³/mol. The minimum Gasteiger partial charge on any atom is -0.379 e. The van der Waals surface area contributed by atoms with E-state index in [-0.39, 0.29) is 0 Å². The summed E-state index contributed by atoms with van der Waals surface area (Å²) in [5.41, 5.74) is 0.835. The van der Waals surface area contributed by atoms with Crippen molar-refractivity contribution in [3.63, 3.8) is 0 Å². The zero-order chi connectivity index (χ0) is 14.8. The normalized spacial score (nSPS) is 17.8. The molecule has 1 aliphatic rings. The summed E-state index contributed by atoms with van der Waals surface area (Å²) in [5.74, 6) is 0. The molecule has 0 bridgehead atoms. The first-order valence-corrected chi connectivity index (χ1v) is 9.13. The van der Waals surface area contributed by atoms with Gasteiger partial charge in [-0.25, -0.2) is 8.42 Å². The van der Waals surface area contributed by atoms with Crippen molar-refractivity contribution in [2.75, 3.05) is 26.3 Å². The fraction of sp³-hybridized carbons (Fsp3) is 0.692. The average Bonchev–Trinajstić information content (AvgIpc) is 2.79. The number of hydrogen-bond donors (Lipinski definition) is 1. The van der Waals surface area contributed by atoms with E-state index in [0.29, 0.717) is 43.8 Å². The summed E-state index contributed by atoms with van der Waals surface area (Å²) in [5, 5.41) is 5.21. The molecule has 5 nitrogen and oxygen atoms in total. The van der Waals surface area contributed by atoms with Crippen molar-refractivity contribution in [1.29, 1.82) is 0 Å². The van der Waals surface area contributed by atoms with Crippen molar-refractivity contribution in [3.05, 3.63) is 15.8 Å². The molecule has 2 heterocycles. The van der Waals surface area contributed by atoms with E-state index in [2.05, 4.69) is 19.2 Å². The zero-order valence-electron chi connectivity index (χ0n) is 12.2. The lowest BCUT2D eigenvalue weighted by atomic mass is 10.3. The molecular formula is C13H22N2O3S2. The molecule has 0 spiro atoms. The topological polar surface area (TPSA) is 58.6 Å². The fourth-order valence-corrected chi connectivity index (χ4v) is 5.29. The van der Waals surface area contributed by atoms with Crippen molar-refractivity contribution in [1.82, 2.24) is 9.62 Å². The Morgan fingerprint density at radius 2 is 2.05 bits per heavy atom. The summed E-state index contributed by atoms with van der Waals surface area (Å²) in [4.78, 5) is 1.38. The van der Waals surface area contributed by atoms with Crippen LogP contribution in [-0.4, -0.2) is 45.1 Å². The molecule has 0 atom stereocenters. The van der Waals surface area contributed by atoms with Crippen LogP contribution in [0.5, 0.6) is 0 Å². The van der Waals surface area contributed by atoms with Gasteiger partial charge in [-0.2, -0.15) is 4.31 Å². The molecule has 1 fully saturated rings. The van der Waals surface area contributed by atoms with Crippen LogP contribution < -0.4 is 5.32 Å². The molecule has 0 saturated carbocycles. The van der Waals surface area contributed by atoms with Gasteiger partial charge in [-0.1, -0.05) is 13.8 Å². The molecule has 1 saturated heterocycles. The molecule has 0 amide bonds. The molecule has 20 heavy (non-hydrogen) atoms. The minimum absolute atomic E-state index is 0.330. The third-order valence-electron chi connectivity index (χ3n) is 3.23. The maximum Gasteiger partial charge on any atom is 0.244 e. The van der Waals surface area contributed by atoms with Gasteiger partial charge in [-0.05, 0) is 17.9 Å². The zero-order valence-corrected chi connectivity index (χ0v) is 13.8. The van der Waals surface area contributed by atoms with Crippen LogP contribution in [0.1, 0.15) is 24.3 Å². The van der Waals surface area contributed by atoms with Crippen molar-refractivity contribution in [3.8, 4) is 0 Å². The second kappa shape index (κ2) is 6.53. The number of rotatable bonds is 5. The van der Waals surface area contributed by atoms with E-state index in [4.69, 9.17) is 4.74 Å². The van der Waals surface area contributed by atoms with Crippen LogP contribution in [0.4, 0.5) is 0 Å². The third kappa shape index (κ3) is 3.40. The van der Waals surface area contributed by atoms with Gasteiger partial charge in [0.25, 0.3) is 0 Å². The van der Waals surface area contributed by atoms with Crippen LogP contribution in [0, 0.1) is 6.92 Å². The number of aryl methyl sites for hydroxylation is 1. The Morgan fingerprint density at radius 3 is 2.65 bits per heavy atom. The molecule has 1 N–H and O–H groups in total. The van der Waals surface area contributed by atoms with Gasteiger partial charge < -0.3 is 10.1 Å². The van der Waals surface area contributed by atoms with E-state index in [0.717, 1.165) is 10.4 Å². The van der Waals surface area contributed by atoms with E-state index in [1.165, 1.54) is 15.6 Å². The molecule has 1 aromatic heterocycles. The van der Waals surface area contributed by atoms with Crippen molar-refractivity contribution < 1.29 is 13.2 Å². The Bertz CT molecular complexity index is 546. The number of nitrogens with zero attached hydrogens (tertiary/aromatic N) is 1. The number of morpholine rings is 1. The first kappa shape index (κ1) is 15.9. The van der Waals surface area contributed by atoms with Gasteiger partial charge in [0.15, 0.2) is 0 Å². The number of ether oxygens (including phenoxy) is 1. The Morgan fingerprint density at radius 1 is 1.40 bits per heavy atom. The summed E-state index contributed by atoms with van der Waals surface area (Å²) in [7, 11) is -3.40. The lowest BCUT2D eigenvalue weighted by molar-refractivity contribution is 0.0730. The predicted octanol–water partition coefficient (Wildman–Crippen LogP) is 1.58. The number of hydrogen-bond acceptors (Lipinski definition) is 5. The monoisotopic (exact) mass is 318 g/mol. The molecule has 0 unspecified atom stereocenters. The van der Waals surface area contributed by atoms with Gasteiger partial charge in [-0.15, -0.1) is 11.3 Å². The van der Waals surface area contributed by atoms with E-state index in [9.17, 15) is 8.42 Å². The van der Waals surface area contributed by atoms with Gasteiger partial charge in [-0.3, -0.25) is 0 Å². The third-order valence-corrected chi connectivity index (χ3v) is 6.59. The molecule has 7 heteroatoms. The molecule has 2 rings (SSSR count). The lowest BCUT2D eigenvalue weighted by Crippen LogP contribution is -2.41. The Balaban J connectivity index is 2.28. The molecule has 0 aromatic carbocycles. The summed E-state index contributed by atoms with van der Waals surface area (Å²) in [6, 6.07) is 0.330. The summed E-state index contributed by atoms with van der Waals surface area (Å²) in [6.07, 6.45) is 0. The smallest absolute Gasteiger partial charge is 0.244 e. The van der Waals surface area contributed by atoms with Crippen LogP contribution in [0.15, 0.2) is 10.3 Å². The van der Waals surface area contributed by atoms with Crippen molar-refractivity contribution >= 4 is 21.4 Å². The van der Waals surface area contributed by atoms with Gasteiger partial charge >= 0.3 is 0 Å².